The number of amidine groups is 1. The maximum Gasteiger partial charge on any atom is 0.445 e. The Morgan fingerprint density at radius 3 is 2.93 bits per heavy atom. The first-order chi connectivity index (χ1) is 6.63. The van der Waals surface area contributed by atoms with E-state index in [9.17, 15) is 9.59 Å². The molecule has 3 amide bonds. The minimum Gasteiger partial charge on any atom is -0.253 e. The van der Waals surface area contributed by atoms with Crippen molar-refractivity contribution < 1.29 is 14.2 Å². The summed E-state index contributed by atoms with van der Waals surface area (Å²) in [4.78, 5) is 27.9. The average molecular weight is 194 g/mol. The Morgan fingerprint density at radius 1 is 1.50 bits per heavy atom. The quantitative estimate of drug-likeness (QED) is 0.486. The zero-order valence-electron chi connectivity index (χ0n) is 7.71. The van der Waals surface area contributed by atoms with E-state index in [1.54, 1.807) is 0 Å². The van der Waals surface area contributed by atoms with E-state index in [4.69, 9.17) is 0 Å². The fourth-order valence-corrected chi connectivity index (χ4v) is 1.33. The van der Waals surface area contributed by atoms with Crippen molar-refractivity contribution in [3.8, 4) is 0 Å². The highest BCUT2D eigenvalue weighted by molar-refractivity contribution is 6.14. The average Bonchev–Trinajstić information content (AvgIpc) is 2.23. The molecule has 0 aromatic rings. The zero-order chi connectivity index (χ0) is 10.3. The molecule has 0 aliphatic carbocycles. The monoisotopic (exact) mass is 194 g/mol. The van der Waals surface area contributed by atoms with Gasteiger partial charge in [-0.05, 0) is 0 Å². The molecule has 0 N–H and O–H groups in total. The van der Waals surface area contributed by atoms with Crippen molar-refractivity contribution in [2.24, 2.45) is 15.2 Å². The summed E-state index contributed by atoms with van der Waals surface area (Å²) < 4.78 is 1.27. The van der Waals surface area contributed by atoms with E-state index in [2.05, 4.69) is 15.2 Å². The van der Waals surface area contributed by atoms with E-state index in [0.717, 1.165) is 4.90 Å². The van der Waals surface area contributed by atoms with Crippen molar-refractivity contribution in [1.82, 2.24) is 4.90 Å². The molecule has 0 fully saturated rings. The second-order valence-electron chi connectivity index (χ2n) is 2.98. The summed E-state index contributed by atoms with van der Waals surface area (Å²) in [5.74, 6) is -0.0985. The molecule has 14 heavy (non-hydrogen) atoms. The molecular weight excluding hydrogens is 186 g/mol. The lowest BCUT2D eigenvalue weighted by Gasteiger charge is -2.20. The summed E-state index contributed by atoms with van der Waals surface area (Å²) in [7, 11) is 2.95. The van der Waals surface area contributed by atoms with Crippen molar-refractivity contribution in [3.63, 3.8) is 0 Å². The number of amides is 3. The highest BCUT2D eigenvalue weighted by Gasteiger charge is 2.45. The van der Waals surface area contributed by atoms with Gasteiger partial charge in [0.2, 0.25) is 6.04 Å². The van der Waals surface area contributed by atoms with Crippen LogP contribution in [0.4, 0.5) is 4.79 Å². The maximum atomic E-state index is 11.6. The molecule has 2 heterocycles. The molecule has 0 radical (unpaired) electrons. The zero-order valence-corrected chi connectivity index (χ0v) is 7.71. The van der Waals surface area contributed by atoms with Gasteiger partial charge in [0.25, 0.3) is 0 Å². The Morgan fingerprint density at radius 2 is 2.21 bits per heavy atom. The molecule has 0 saturated heterocycles. The number of likely N-dealkylation sites (N-methyl/N-ethyl adjacent to an activating group) is 1. The number of nitrogens with zero attached hydrogens (tertiary/aromatic N) is 5. The van der Waals surface area contributed by atoms with Crippen LogP contribution in [0.1, 0.15) is 0 Å². The van der Waals surface area contributed by atoms with Gasteiger partial charge in [-0.2, -0.15) is 9.48 Å². The van der Waals surface area contributed by atoms with Crippen molar-refractivity contribution in [1.29, 1.82) is 0 Å². The van der Waals surface area contributed by atoms with E-state index in [0.29, 0.717) is 0 Å². The van der Waals surface area contributed by atoms with Crippen molar-refractivity contribution in [2.75, 3.05) is 14.1 Å². The molecule has 0 aromatic carbocycles. The Labute approximate surface area is 79.4 Å². The lowest BCUT2D eigenvalue weighted by molar-refractivity contribution is -0.406. The highest BCUT2D eigenvalue weighted by atomic mass is 16.2. The fourth-order valence-electron chi connectivity index (χ4n) is 1.33. The van der Waals surface area contributed by atoms with Gasteiger partial charge >= 0.3 is 17.8 Å². The number of fused-ring (bicyclic) bond motifs is 1. The van der Waals surface area contributed by atoms with Crippen LogP contribution in [0.2, 0.25) is 0 Å². The number of rotatable bonds is 0. The Bertz CT molecular complexity index is 408. The predicted molar refractivity (Wildman–Crippen MR) is 46.5 cm³/mol. The summed E-state index contributed by atoms with van der Waals surface area (Å²) in [6.45, 7) is 0. The van der Waals surface area contributed by atoms with Crippen LogP contribution >= 0.6 is 0 Å². The predicted octanol–water partition coefficient (Wildman–Crippen LogP) is -0.518. The lowest BCUT2D eigenvalue weighted by atomic mass is 10.2. The number of imide groups is 1. The van der Waals surface area contributed by atoms with Gasteiger partial charge < -0.3 is 0 Å². The first-order valence-electron chi connectivity index (χ1n) is 3.97. The Balaban J connectivity index is 2.57. The topological polar surface area (TPSA) is 77.5 Å². The van der Waals surface area contributed by atoms with E-state index >= 15 is 0 Å². The molecule has 0 saturated carbocycles. The SMILES string of the molecule is CN1C(=O)C2N=CN=NC2=[N+](C)C1=O. The molecule has 2 aliphatic heterocycles. The number of carbonyl (C=O) groups excluding carboxylic acids is 2. The number of hydrogen-bond donors (Lipinski definition) is 0. The third kappa shape index (κ3) is 0.983. The number of carbonyl (C=O) groups is 2. The molecule has 7 nitrogen and oxygen atoms in total. The van der Waals surface area contributed by atoms with E-state index in [-0.39, 0.29) is 11.7 Å². The standard InChI is InChI=1S/C7H8N5O2/c1-11-5-4(8-3-9-10-5)6(13)12(2)7(11)14/h3-4H,1-2H3/q+1. The fraction of sp³-hybridized carbons (Fsp3) is 0.429. The Kier molecular flexibility index (Phi) is 1.73. The van der Waals surface area contributed by atoms with Crippen LogP contribution < -0.4 is 0 Å². The number of urea groups is 1. The molecule has 2 aliphatic rings. The molecule has 1 unspecified atom stereocenters. The minimum atomic E-state index is -0.722. The molecule has 72 valence electrons. The van der Waals surface area contributed by atoms with Gasteiger partial charge in [-0.15, -0.1) is 0 Å². The summed E-state index contributed by atoms with van der Waals surface area (Å²) in [6.07, 6.45) is 1.21. The number of hydrogen-bond acceptors (Lipinski definition) is 5. The molecule has 0 aromatic heterocycles. The minimum absolute atomic E-state index is 0.278. The molecule has 0 bridgehead atoms. The second-order valence-corrected chi connectivity index (χ2v) is 2.98. The first-order valence-corrected chi connectivity index (χ1v) is 3.97. The van der Waals surface area contributed by atoms with Gasteiger partial charge in [0.15, 0.2) is 6.34 Å². The van der Waals surface area contributed by atoms with Crippen LogP contribution in [0.5, 0.6) is 0 Å². The lowest BCUT2D eigenvalue weighted by Crippen LogP contribution is -2.54. The molecule has 0 spiro atoms. The van der Waals surface area contributed by atoms with Crippen LogP contribution in [-0.4, -0.2) is 53.7 Å². The van der Waals surface area contributed by atoms with Crippen LogP contribution in [0.25, 0.3) is 0 Å². The number of azo groups is 1. The van der Waals surface area contributed by atoms with Crippen molar-refractivity contribution in [3.05, 3.63) is 0 Å². The molecule has 2 rings (SSSR count). The normalized spacial score (nSPS) is 25.9. The smallest absolute Gasteiger partial charge is 0.253 e. The van der Waals surface area contributed by atoms with E-state index in [1.807, 2.05) is 0 Å². The van der Waals surface area contributed by atoms with Gasteiger partial charge in [0.05, 0.1) is 14.1 Å². The largest absolute Gasteiger partial charge is 0.445 e. The van der Waals surface area contributed by atoms with Crippen LogP contribution in [0.3, 0.4) is 0 Å². The van der Waals surface area contributed by atoms with Gasteiger partial charge in [0, 0.05) is 5.11 Å². The van der Waals surface area contributed by atoms with Crippen LogP contribution in [0, 0.1) is 0 Å². The molecular formula is C7H8N5O2+. The van der Waals surface area contributed by atoms with E-state index in [1.165, 1.54) is 25.0 Å². The summed E-state index contributed by atoms with van der Waals surface area (Å²) in [6, 6.07) is -1.14. The second kappa shape index (κ2) is 2.79. The summed E-state index contributed by atoms with van der Waals surface area (Å²) in [5.41, 5.74) is 0. The number of aliphatic imine (C=N–C) groups is 1. The summed E-state index contributed by atoms with van der Waals surface area (Å²) >= 11 is 0. The Hall–Kier alpha value is -1.92. The van der Waals surface area contributed by atoms with Gasteiger partial charge in [-0.1, -0.05) is 5.11 Å². The van der Waals surface area contributed by atoms with Crippen molar-refractivity contribution in [2.45, 2.75) is 6.04 Å². The van der Waals surface area contributed by atoms with Crippen LogP contribution in [0.15, 0.2) is 15.2 Å². The first kappa shape index (κ1) is 8.67. The van der Waals surface area contributed by atoms with Gasteiger partial charge in [0.1, 0.15) is 0 Å². The van der Waals surface area contributed by atoms with Gasteiger partial charge in [-0.25, -0.2) is 9.79 Å². The van der Waals surface area contributed by atoms with Gasteiger partial charge in [-0.3, -0.25) is 4.79 Å². The third-order valence-electron chi connectivity index (χ3n) is 2.15. The maximum absolute atomic E-state index is 11.6. The van der Waals surface area contributed by atoms with Crippen molar-refractivity contribution >= 4 is 24.1 Å². The third-order valence-corrected chi connectivity index (χ3v) is 2.15. The highest BCUT2D eigenvalue weighted by Crippen LogP contribution is 2.11. The van der Waals surface area contributed by atoms with Crippen LogP contribution in [-0.2, 0) is 4.79 Å². The summed E-state index contributed by atoms with van der Waals surface area (Å²) in [5, 5.41) is 7.26. The molecule has 7 heteroatoms. The van der Waals surface area contributed by atoms with E-state index < -0.39 is 12.1 Å². The molecule has 1 atom stereocenters.